The van der Waals surface area contributed by atoms with Crippen molar-refractivity contribution in [2.45, 2.75) is 24.8 Å². The fraction of sp³-hybridized carbons (Fsp3) is 0.286. The molecule has 0 aliphatic rings. The van der Waals surface area contributed by atoms with Gasteiger partial charge in [-0.2, -0.15) is 9.78 Å². The van der Waals surface area contributed by atoms with E-state index < -0.39 is 0 Å². The lowest BCUT2D eigenvalue weighted by Crippen LogP contribution is -2.05. The highest BCUT2D eigenvalue weighted by Crippen LogP contribution is 2.28. The molecule has 0 N–H and O–H groups in total. The molecule has 0 amide bonds. The zero-order valence-corrected chi connectivity index (χ0v) is 18.2. The van der Waals surface area contributed by atoms with Crippen molar-refractivity contribution in [3.05, 3.63) is 64.9 Å². The predicted molar refractivity (Wildman–Crippen MR) is 117 cm³/mol. The number of hydrogen-bond acceptors (Lipinski definition) is 6. The molecule has 0 aliphatic heterocycles. The van der Waals surface area contributed by atoms with E-state index >= 15 is 0 Å². The first kappa shape index (κ1) is 21.2. The molecule has 2 aromatic carbocycles. The molecule has 0 saturated carbocycles. The number of nitrogens with zero attached hydrogens (tertiary/aromatic N) is 4. The molecule has 29 heavy (non-hydrogen) atoms. The zero-order valence-electron chi connectivity index (χ0n) is 16.6. The highest BCUT2D eigenvalue weighted by Gasteiger charge is 2.07. The molecule has 3 rings (SSSR count). The van der Waals surface area contributed by atoms with Crippen LogP contribution in [0.15, 0.2) is 59.0 Å². The third-order valence-electron chi connectivity index (χ3n) is 3.87. The predicted octanol–water partition coefficient (Wildman–Crippen LogP) is 5.15. The van der Waals surface area contributed by atoms with Crippen molar-refractivity contribution >= 4 is 29.6 Å². The van der Waals surface area contributed by atoms with Gasteiger partial charge in [-0.25, -0.2) is 0 Å². The maximum atomic E-state index is 5.93. The van der Waals surface area contributed by atoms with E-state index in [1.165, 1.54) is 0 Å². The van der Waals surface area contributed by atoms with Gasteiger partial charge in [0.1, 0.15) is 6.33 Å². The monoisotopic (exact) mass is 430 g/mol. The fourth-order valence-electron chi connectivity index (χ4n) is 2.39. The summed E-state index contributed by atoms with van der Waals surface area (Å²) < 4.78 is 12.9. The molecule has 1 aromatic heterocycles. The molecule has 8 heteroatoms. The summed E-state index contributed by atoms with van der Waals surface area (Å²) in [5.41, 5.74) is 2.04. The van der Waals surface area contributed by atoms with Gasteiger partial charge in [-0.3, -0.25) is 0 Å². The van der Waals surface area contributed by atoms with E-state index in [-0.39, 0.29) is 0 Å². The van der Waals surface area contributed by atoms with Gasteiger partial charge in [0.25, 0.3) is 0 Å². The Kier molecular flexibility index (Phi) is 7.55. The summed E-state index contributed by atoms with van der Waals surface area (Å²) in [5, 5.41) is 14.0. The Balaban J connectivity index is 1.67. The van der Waals surface area contributed by atoms with Crippen LogP contribution in [0.5, 0.6) is 11.5 Å². The topological polar surface area (TPSA) is 61.5 Å². The average molecular weight is 431 g/mol. The number of thioether (sulfide) groups is 1. The van der Waals surface area contributed by atoms with Gasteiger partial charge >= 0.3 is 0 Å². The summed E-state index contributed by atoms with van der Waals surface area (Å²) in [6.07, 6.45) is 3.32. The van der Waals surface area contributed by atoms with Crippen LogP contribution in [0.3, 0.4) is 0 Å². The molecule has 0 radical (unpaired) electrons. The Bertz CT molecular complexity index is 958. The number of aromatic nitrogens is 3. The van der Waals surface area contributed by atoms with Crippen LogP contribution in [-0.2, 0) is 5.75 Å². The molecule has 0 atom stereocenters. The Hall–Kier alpha value is -2.51. The van der Waals surface area contributed by atoms with Gasteiger partial charge < -0.3 is 9.47 Å². The normalized spacial score (nSPS) is 11.3. The van der Waals surface area contributed by atoms with E-state index in [1.807, 2.05) is 42.5 Å². The molecular weight excluding hydrogens is 408 g/mol. The van der Waals surface area contributed by atoms with Crippen molar-refractivity contribution < 1.29 is 9.47 Å². The SMILES string of the molecule is COc1cc(/C=N\n2cnnc2SCc2ccc(Cl)cc2)ccc1OCC(C)C. The van der Waals surface area contributed by atoms with Crippen LogP contribution in [0.1, 0.15) is 25.0 Å². The van der Waals surface area contributed by atoms with Crippen molar-refractivity contribution in [1.82, 2.24) is 14.9 Å². The second-order valence-electron chi connectivity index (χ2n) is 6.73. The van der Waals surface area contributed by atoms with Crippen LogP contribution in [0, 0.1) is 5.92 Å². The van der Waals surface area contributed by atoms with Gasteiger partial charge in [0.15, 0.2) is 11.5 Å². The lowest BCUT2D eigenvalue weighted by molar-refractivity contribution is 0.257. The second-order valence-corrected chi connectivity index (χ2v) is 8.11. The van der Waals surface area contributed by atoms with Crippen molar-refractivity contribution in [1.29, 1.82) is 0 Å². The molecule has 0 saturated heterocycles. The first-order valence-electron chi connectivity index (χ1n) is 9.17. The van der Waals surface area contributed by atoms with Crippen LogP contribution < -0.4 is 9.47 Å². The number of benzene rings is 2. The van der Waals surface area contributed by atoms with E-state index in [0.29, 0.717) is 23.4 Å². The summed E-state index contributed by atoms with van der Waals surface area (Å²) in [4.78, 5) is 0. The minimum atomic E-state index is 0.443. The third kappa shape index (κ3) is 6.24. The fourth-order valence-corrected chi connectivity index (χ4v) is 3.34. The Morgan fingerprint density at radius 2 is 1.97 bits per heavy atom. The number of methoxy groups -OCH3 is 1. The second kappa shape index (κ2) is 10.3. The maximum absolute atomic E-state index is 5.93. The van der Waals surface area contributed by atoms with Crippen molar-refractivity contribution in [3.8, 4) is 11.5 Å². The zero-order chi connectivity index (χ0) is 20.6. The summed E-state index contributed by atoms with van der Waals surface area (Å²) >= 11 is 7.48. The first-order chi connectivity index (χ1) is 14.0. The quantitative estimate of drug-likeness (QED) is 0.347. The highest BCUT2D eigenvalue weighted by atomic mass is 35.5. The standard InChI is InChI=1S/C21H23ClN4O2S/c1-15(2)12-28-19-9-6-17(10-20(19)27-3)11-24-26-14-23-25-21(26)29-13-16-4-7-18(22)8-5-16/h4-11,14-15H,12-13H2,1-3H3/b24-11-. The molecular formula is C21H23ClN4O2S. The largest absolute Gasteiger partial charge is 0.493 e. The molecule has 3 aromatic rings. The maximum Gasteiger partial charge on any atom is 0.212 e. The Morgan fingerprint density at radius 3 is 2.69 bits per heavy atom. The Labute approximate surface area is 179 Å². The third-order valence-corrected chi connectivity index (χ3v) is 5.13. The van der Waals surface area contributed by atoms with Gasteiger partial charge in [0.2, 0.25) is 5.16 Å². The number of ether oxygens (including phenoxy) is 2. The summed E-state index contributed by atoms with van der Waals surface area (Å²) in [6, 6.07) is 13.5. The van der Waals surface area contributed by atoms with Gasteiger partial charge in [-0.05, 0) is 47.4 Å². The molecule has 0 fully saturated rings. The van der Waals surface area contributed by atoms with E-state index in [0.717, 1.165) is 27.7 Å². The molecule has 6 nitrogen and oxygen atoms in total. The smallest absolute Gasteiger partial charge is 0.212 e. The van der Waals surface area contributed by atoms with Crippen LogP contribution in [-0.4, -0.2) is 34.8 Å². The van der Waals surface area contributed by atoms with E-state index in [4.69, 9.17) is 21.1 Å². The van der Waals surface area contributed by atoms with Crippen molar-refractivity contribution in [2.24, 2.45) is 11.0 Å². The average Bonchev–Trinajstić information content (AvgIpc) is 3.18. The molecule has 0 unspecified atom stereocenters. The molecule has 152 valence electrons. The lowest BCUT2D eigenvalue weighted by Gasteiger charge is -2.12. The van der Waals surface area contributed by atoms with E-state index in [2.05, 4.69) is 29.1 Å². The van der Waals surface area contributed by atoms with Crippen molar-refractivity contribution in [3.63, 3.8) is 0 Å². The van der Waals surface area contributed by atoms with Crippen molar-refractivity contribution in [2.75, 3.05) is 13.7 Å². The molecule has 0 bridgehead atoms. The number of halogens is 1. The van der Waals surface area contributed by atoms with Gasteiger partial charge in [0.05, 0.1) is 19.9 Å². The Morgan fingerprint density at radius 1 is 1.17 bits per heavy atom. The number of hydrogen-bond donors (Lipinski definition) is 0. The van der Waals surface area contributed by atoms with Gasteiger partial charge in [-0.15, -0.1) is 10.2 Å². The highest BCUT2D eigenvalue weighted by molar-refractivity contribution is 7.98. The first-order valence-corrected chi connectivity index (χ1v) is 10.5. The summed E-state index contributed by atoms with van der Waals surface area (Å²) in [7, 11) is 1.63. The molecule has 0 spiro atoms. The lowest BCUT2D eigenvalue weighted by atomic mass is 10.2. The number of rotatable bonds is 9. The van der Waals surface area contributed by atoms with Crippen LogP contribution in [0.25, 0.3) is 0 Å². The molecule has 1 heterocycles. The molecule has 0 aliphatic carbocycles. The van der Waals surface area contributed by atoms with Crippen LogP contribution >= 0.6 is 23.4 Å². The summed E-state index contributed by atoms with van der Waals surface area (Å²) in [6.45, 7) is 4.85. The van der Waals surface area contributed by atoms with E-state index in [9.17, 15) is 0 Å². The van der Waals surface area contributed by atoms with Crippen LogP contribution in [0.4, 0.5) is 0 Å². The van der Waals surface area contributed by atoms with Gasteiger partial charge in [0, 0.05) is 10.8 Å². The van der Waals surface area contributed by atoms with E-state index in [1.54, 1.807) is 36.1 Å². The minimum Gasteiger partial charge on any atom is -0.493 e. The minimum absolute atomic E-state index is 0.443. The van der Waals surface area contributed by atoms with Gasteiger partial charge in [-0.1, -0.05) is 49.3 Å². The summed E-state index contributed by atoms with van der Waals surface area (Å²) in [5.74, 6) is 2.59. The van der Waals surface area contributed by atoms with Crippen LogP contribution in [0.2, 0.25) is 5.02 Å².